The van der Waals surface area contributed by atoms with Crippen molar-refractivity contribution in [1.29, 1.82) is 0 Å². The van der Waals surface area contributed by atoms with Gasteiger partial charge in [0.25, 0.3) is 8.32 Å². The fourth-order valence-corrected chi connectivity index (χ4v) is 8.90. The number of likely N-dealkylation sites (tertiary alicyclic amines) is 1. The van der Waals surface area contributed by atoms with Crippen LogP contribution in [0.1, 0.15) is 20.8 Å². The summed E-state index contributed by atoms with van der Waals surface area (Å²) >= 11 is 0. The molecule has 0 aliphatic carbocycles. The molecule has 6 heteroatoms. The van der Waals surface area contributed by atoms with Gasteiger partial charge in [-0.1, -0.05) is 81.4 Å². The third-order valence-corrected chi connectivity index (χ3v) is 10.7. The topological polar surface area (TPSA) is 70.0 Å². The van der Waals surface area contributed by atoms with Crippen LogP contribution in [0.5, 0.6) is 0 Å². The molecule has 1 fully saturated rings. The first-order valence-electron chi connectivity index (χ1n) is 10.1. The first-order valence-corrected chi connectivity index (χ1v) is 12.0. The Kier molecular flexibility index (Phi) is 6.58. The number of carboxylic acids is 1. The molecule has 29 heavy (non-hydrogen) atoms. The van der Waals surface area contributed by atoms with E-state index >= 15 is 0 Å². The zero-order valence-corrected chi connectivity index (χ0v) is 18.4. The summed E-state index contributed by atoms with van der Waals surface area (Å²) in [5.74, 6) is -0.824. The molecule has 0 saturated carbocycles. The van der Waals surface area contributed by atoms with E-state index in [0.717, 1.165) is 13.1 Å². The number of benzene rings is 2. The van der Waals surface area contributed by atoms with Gasteiger partial charge in [-0.15, -0.1) is 0 Å². The zero-order valence-electron chi connectivity index (χ0n) is 17.4. The number of hydrogen-bond donors (Lipinski definition) is 2. The largest absolute Gasteiger partial charge is 0.479 e. The summed E-state index contributed by atoms with van der Waals surface area (Å²) in [7, 11) is -2.53. The van der Waals surface area contributed by atoms with E-state index < -0.39 is 20.4 Å². The van der Waals surface area contributed by atoms with E-state index in [1.807, 2.05) is 17.0 Å². The van der Waals surface area contributed by atoms with Crippen molar-refractivity contribution >= 4 is 24.7 Å². The molecule has 1 aliphatic rings. The Morgan fingerprint density at radius 1 is 1.07 bits per heavy atom. The average Bonchev–Trinajstić information content (AvgIpc) is 2.66. The monoisotopic (exact) mass is 413 g/mol. The summed E-state index contributed by atoms with van der Waals surface area (Å²) in [6, 6.07) is 21.1. The van der Waals surface area contributed by atoms with E-state index in [0.29, 0.717) is 12.5 Å². The van der Waals surface area contributed by atoms with Crippen LogP contribution in [0.3, 0.4) is 0 Å². The van der Waals surface area contributed by atoms with Crippen LogP contribution < -0.4 is 10.4 Å². The van der Waals surface area contributed by atoms with Gasteiger partial charge in [-0.2, -0.15) is 0 Å². The summed E-state index contributed by atoms with van der Waals surface area (Å²) in [5.41, 5.74) is 0. The lowest BCUT2D eigenvalue weighted by molar-refractivity contribution is -0.148. The Balaban J connectivity index is 1.80. The van der Waals surface area contributed by atoms with Gasteiger partial charge < -0.3 is 14.6 Å². The van der Waals surface area contributed by atoms with Crippen molar-refractivity contribution in [2.75, 3.05) is 26.2 Å². The van der Waals surface area contributed by atoms with Crippen LogP contribution in [0.25, 0.3) is 0 Å². The number of carboxylic acid groups (broad SMARTS) is 1. The van der Waals surface area contributed by atoms with E-state index in [9.17, 15) is 9.90 Å². The lowest BCUT2D eigenvalue weighted by Crippen LogP contribution is -2.67. The van der Waals surface area contributed by atoms with Crippen LogP contribution in [0.4, 0.5) is 0 Å². The highest BCUT2D eigenvalue weighted by Crippen LogP contribution is 2.37. The molecule has 1 atom stereocenters. The van der Waals surface area contributed by atoms with Gasteiger partial charge in [-0.05, 0) is 15.4 Å². The number of carbonyl (C=O) groups is 1. The van der Waals surface area contributed by atoms with Gasteiger partial charge in [-0.25, -0.2) is 4.79 Å². The van der Waals surface area contributed by atoms with Crippen molar-refractivity contribution in [2.45, 2.75) is 31.9 Å². The molecule has 156 valence electrons. The van der Waals surface area contributed by atoms with Gasteiger partial charge in [0.15, 0.2) is 6.10 Å². The highest BCUT2D eigenvalue weighted by molar-refractivity contribution is 6.99. The minimum atomic E-state index is -2.53. The van der Waals surface area contributed by atoms with Gasteiger partial charge in [0, 0.05) is 32.2 Å². The lowest BCUT2D eigenvalue weighted by Gasteiger charge is -2.46. The van der Waals surface area contributed by atoms with Crippen molar-refractivity contribution < 1.29 is 19.4 Å². The number of aliphatic hydroxyl groups excluding tert-OH is 1. The zero-order chi connectivity index (χ0) is 21.1. The Labute approximate surface area is 174 Å². The van der Waals surface area contributed by atoms with Crippen LogP contribution >= 0.6 is 0 Å². The maximum absolute atomic E-state index is 10.8. The van der Waals surface area contributed by atoms with Gasteiger partial charge >= 0.3 is 5.97 Å². The first-order chi connectivity index (χ1) is 13.7. The highest BCUT2D eigenvalue weighted by atomic mass is 28.4. The molecule has 2 N–H and O–H groups in total. The average molecular weight is 414 g/mol. The minimum Gasteiger partial charge on any atom is -0.479 e. The number of rotatable bonds is 8. The number of aliphatic carboxylic acids is 1. The summed E-state index contributed by atoms with van der Waals surface area (Å²) < 4.78 is 6.90. The van der Waals surface area contributed by atoms with E-state index in [2.05, 4.69) is 69.3 Å². The maximum Gasteiger partial charge on any atom is 0.333 e. The Hall–Kier alpha value is -1.99. The Bertz CT molecular complexity index is 761. The summed E-state index contributed by atoms with van der Waals surface area (Å²) in [6.07, 6.45) is -1.33. The molecule has 0 spiro atoms. The van der Waals surface area contributed by atoms with Crippen molar-refractivity contribution in [1.82, 2.24) is 4.90 Å². The molecular weight excluding hydrogens is 382 g/mol. The van der Waals surface area contributed by atoms with Crippen LogP contribution in [0.15, 0.2) is 60.7 Å². The fraction of sp³-hybridized carbons (Fsp3) is 0.435. The number of aliphatic hydroxyl groups is 1. The van der Waals surface area contributed by atoms with Crippen molar-refractivity contribution in [3.8, 4) is 0 Å². The summed E-state index contributed by atoms with van der Waals surface area (Å²) in [5, 5.41) is 20.9. The van der Waals surface area contributed by atoms with Crippen LogP contribution in [-0.4, -0.2) is 61.7 Å². The van der Waals surface area contributed by atoms with E-state index in [4.69, 9.17) is 9.53 Å². The third-order valence-electron chi connectivity index (χ3n) is 5.70. The highest BCUT2D eigenvalue weighted by Gasteiger charge is 2.50. The van der Waals surface area contributed by atoms with Gasteiger partial charge in [0.2, 0.25) is 0 Å². The van der Waals surface area contributed by atoms with Gasteiger partial charge in [0.1, 0.15) is 0 Å². The molecule has 3 rings (SSSR count). The van der Waals surface area contributed by atoms with Crippen molar-refractivity contribution in [3.63, 3.8) is 0 Å². The second kappa shape index (κ2) is 8.79. The molecule has 1 heterocycles. The van der Waals surface area contributed by atoms with Crippen LogP contribution in [0, 0.1) is 5.92 Å². The molecular formula is C23H31NO4Si. The SMILES string of the molecule is CC(C)(C)[Si](OCC1CN(CC(O)C(=O)O)C1)(c1ccccc1)c1ccccc1. The summed E-state index contributed by atoms with van der Waals surface area (Å²) in [6.45, 7) is 9.09. The predicted octanol–water partition coefficient (Wildman–Crippen LogP) is 1.94. The molecule has 0 radical (unpaired) electrons. The van der Waals surface area contributed by atoms with E-state index in [-0.39, 0.29) is 11.6 Å². The molecule has 2 aromatic carbocycles. The Morgan fingerprint density at radius 3 is 1.97 bits per heavy atom. The van der Waals surface area contributed by atoms with Gasteiger partial charge in [0.05, 0.1) is 0 Å². The molecule has 1 aliphatic heterocycles. The maximum atomic E-state index is 10.8. The standard InChI is InChI=1S/C23H31NO4Si/c1-23(2,3)29(19-10-6-4-7-11-19,20-12-8-5-9-13-20)28-17-18-14-24(15-18)16-21(25)22(26)27/h4-13,18,21,25H,14-17H2,1-3H3,(H,26,27). The molecule has 0 amide bonds. The van der Waals surface area contributed by atoms with Crippen molar-refractivity contribution in [2.24, 2.45) is 5.92 Å². The molecule has 2 aromatic rings. The second-order valence-electron chi connectivity index (χ2n) is 8.91. The molecule has 5 nitrogen and oxygen atoms in total. The fourth-order valence-electron chi connectivity index (χ4n) is 4.26. The molecule has 0 aromatic heterocycles. The van der Waals surface area contributed by atoms with E-state index in [1.54, 1.807) is 0 Å². The molecule has 1 unspecified atom stereocenters. The molecule has 0 bridgehead atoms. The number of hydrogen-bond acceptors (Lipinski definition) is 4. The number of nitrogens with zero attached hydrogens (tertiary/aromatic N) is 1. The minimum absolute atomic E-state index is 0.0569. The third kappa shape index (κ3) is 4.61. The quantitative estimate of drug-likeness (QED) is 0.648. The van der Waals surface area contributed by atoms with Crippen LogP contribution in [0.2, 0.25) is 5.04 Å². The first kappa shape index (κ1) is 21.7. The second-order valence-corrected chi connectivity index (χ2v) is 13.2. The smallest absolute Gasteiger partial charge is 0.333 e. The predicted molar refractivity (Wildman–Crippen MR) is 117 cm³/mol. The summed E-state index contributed by atoms with van der Waals surface area (Å²) in [4.78, 5) is 12.8. The van der Waals surface area contributed by atoms with Crippen molar-refractivity contribution in [3.05, 3.63) is 60.7 Å². The van der Waals surface area contributed by atoms with E-state index in [1.165, 1.54) is 10.4 Å². The van der Waals surface area contributed by atoms with Crippen LogP contribution in [-0.2, 0) is 9.22 Å². The normalized spacial score (nSPS) is 17.0. The van der Waals surface area contributed by atoms with Gasteiger partial charge in [-0.3, -0.25) is 4.90 Å². The Morgan fingerprint density at radius 2 is 1.55 bits per heavy atom. The number of β-amino-alcohol motifs (C(OH)–C–C–N with tert-alkyl or cyclic N) is 1. The molecule has 1 saturated heterocycles. The lowest BCUT2D eigenvalue weighted by atomic mass is 10.0.